The van der Waals surface area contributed by atoms with Crippen molar-refractivity contribution in [3.8, 4) is 0 Å². The number of hydrogen-bond donors (Lipinski definition) is 1. The Hall–Kier alpha value is -3.75. The molecule has 1 N–H and O–H groups in total. The third kappa shape index (κ3) is 6.13. The van der Waals surface area contributed by atoms with E-state index in [0.29, 0.717) is 6.42 Å². The minimum absolute atomic E-state index is 0.112. The number of ketones is 1. The molecule has 1 atom stereocenters. The largest absolute Gasteiger partial charge is 0.452 e. The van der Waals surface area contributed by atoms with Crippen molar-refractivity contribution in [3.05, 3.63) is 74.6 Å². The fourth-order valence-electron chi connectivity index (χ4n) is 2.68. The zero-order chi connectivity index (χ0) is 22.3. The molecule has 158 valence electrons. The highest BCUT2D eigenvalue weighted by Gasteiger charge is 2.18. The molecule has 30 heavy (non-hydrogen) atoms. The Morgan fingerprint density at radius 2 is 1.80 bits per heavy atom. The molecule has 0 aliphatic carbocycles. The lowest BCUT2D eigenvalue weighted by atomic mass is 10.0. The molecule has 2 aromatic rings. The number of nitrogens with zero attached hydrogens (tertiary/aromatic N) is 2. The minimum Gasteiger partial charge on any atom is -0.452 e. The second-order valence-corrected chi connectivity index (χ2v) is 6.70. The smallest absolute Gasteiger partial charge is 0.331 e. The Labute approximate surface area is 172 Å². The predicted octanol–water partition coefficient (Wildman–Crippen LogP) is -0.0431. The zero-order valence-electron chi connectivity index (χ0n) is 17.0. The molecule has 2 rings (SSSR count). The number of rotatable bonds is 8. The van der Waals surface area contributed by atoms with E-state index in [1.54, 1.807) is 0 Å². The molecule has 9 nitrogen and oxygen atoms in total. The van der Waals surface area contributed by atoms with E-state index >= 15 is 0 Å². The van der Waals surface area contributed by atoms with Crippen LogP contribution in [0.2, 0.25) is 0 Å². The molecule has 0 radical (unpaired) electrons. The lowest BCUT2D eigenvalue weighted by molar-refractivity contribution is -0.144. The lowest BCUT2D eigenvalue weighted by Gasteiger charge is -2.16. The zero-order valence-corrected chi connectivity index (χ0v) is 17.0. The molecule has 1 aromatic carbocycles. The van der Waals surface area contributed by atoms with Crippen molar-refractivity contribution in [2.24, 2.45) is 14.1 Å². The normalized spacial score (nSPS) is 11.8. The number of esters is 1. The van der Waals surface area contributed by atoms with Crippen molar-refractivity contribution in [3.63, 3.8) is 0 Å². The van der Waals surface area contributed by atoms with Crippen LogP contribution in [0.1, 0.15) is 18.1 Å². The number of carbonyl (C=O) groups is 3. The van der Waals surface area contributed by atoms with Crippen LogP contribution in [0.5, 0.6) is 0 Å². The minimum atomic E-state index is -0.844. The van der Waals surface area contributed by atoms with Crippen LogP contribution < -0.4 is 16.6 Å². The molecule has 9 heteroatoms. The van der Waals surface area contributed by atoms with Crippen LogP contribution in [0, 0.1) is 0 Å². The Balaban J connectivity index is 1.93. The number of amides is 1. The predicted molar refractivity (Wildman–Crippen MR) is 110 cm³/mol. The summed E-state index contributed by atoms with van der Waals surface area (Å²) in [6.45, 7) is 0.795. The number of carbonyl (C=O) groups excluding carboxylic acids is 3. The number of benzene rings is 1. The van der Waals surface area contributed by atoms with Gasteiger partial charge < -0.3 is 14.6 Å². The molecular formula is C21H23N3O6. The summed E-state index contributed by atoms with van der Waals surface area (Å²) in [4.78, 5) is 59.4. The van der Waals surface area contributed by atoms with Gasteiger partial charge in [0.25, 0.3) is 11.5 Å². The van der Waals surface area contributed by atoms with Gasteiger partial charge in [-0.3, -0.25) is 19.0 Å². The van der Waals surface area contributed by atoms with Gasteiger partial charge in [0.1, 0.15) is 0 Å². The molecule has 0 bridgehead atoms. The van der Waals surface area contributed by atoms with Crippen LogP contribution in [0.3, 0.4) is 0 Å². The van der Waals surface area contributed by atoms with Crippen molar-refractivity contribution < 1.29 is 19.1 Å². The average molecular weight is 413 g/mol. The molecule has 0 saturated heterocycles. The molecule has 1 heterocycles. The number of nitrogens with one attached hydrogen (secondary N) is 1. The standard InChI is InChI=1S/C21H23N3O6/c1-14(25)17(11-15-7-5-4-6-8-15)22-18(26)13-30-19(27)10-9-16-12-23(2)21(29)24(3)20(16)28/h4-10,12,17H,11,13H2,1-3H3,(H,22,26)/b10-9+. The lowest BCUT2D eigenvalue weighted by Crippen LogP contribution is -2.43. The van der Waals surface area contributed by atoms with E-state index in [2.05, 4.69) is 5.32 Å². The monoisotopic (exact) mass is 413 g/mol. The first-order valence-corrected chi connectivity index (χ1v) is 9.14. The van der Waals surface area contributed by atoms with Crippen molar-refractivity contribution >= 4 is 23.7 Å². The van der Waals surface area contributed by atoms with E-state index in [1.165, 1.54) is 37.9 Å². The van der Waals surface area contributed by atoms with Gasteiger partial charge in [-0.1, -0.05) is 30.3 Å². The number of hydrogen-bond acceptors (Lipinski definition) is 6. The third-order valence-electron chi connectivity index (χ3n) is 4.33. The molecular weight excluding hydrogens is 390 g/mol. The first kappa shape index (κ1) is 22.5. The van der Waals surface area contributed by atoms with Gasteiger partial charge in [-0.15, -0.1) is 0 Å². The van der Waals surface area contributed by atoms with Gasteiger partial charge in [0, 0.05) is 26.4 Å². The van der Waals surface area contributed by atoms with Gasteiger partial charge in [-0.25, -0.2) is 9.59 Å². The SMILES string of the molecule is CC(=O)C(Cc1ccccc1)NC(=O)COC(=O)/C=C/c1cn(C)c(=O)n(C)c1=O. The average Bonchev–Trinajstić information content (AvgIpc) is 2.72. The summed E-state index contributed by atoms with van der Waals surface area (Å²) in [5.41, 5.74) is -0.0608. The van der Waals surface area contributed by atoms with Crippen LogP contribution in [0.15, 0.2) is 52.2 Å². The maximum atomic E-state index is 12.1. The van der Waals surface area contributed by atoms with E-state index < -0.39 is 35.8 Å². The van der Waals surface area contributed by atoms with Crippen molar-refractivity contribution in [2.75, 3.05) is 6.61 Å². The van der Waals surface area contributed by atoms with E-state index in [9.17, 15) is 24.0 Å². The Bertz CT molecular complexity index is 1080. The van der Waals surface area contributed by atoms with Crippen LogP contribution >= 0.6 is 0 Å². The summed E-state index contributed by atoms with van der Waals surface area (Å²) in [5.74, 6) is -1.68. The van der Waals surface area contributed by atoms with E-state index in [0.717, 1.165) is 16.2 Å². The van der Waals surface area contributed by atoms with Gasteiger partial charge in [0.2, 0.25) is 0 Å². The highest BCUT2D eigenvalue weighted by atomic mass is 16.5. The van der Waals surface area contributed by atoms with Crippen molar-refractivity contribution in [2.45, 2.75) is 19.4 Å². The second-order valence-electron chi connectivity index (χ2n) is 6.70. The van der Waals surface area contributed by atoms with Crippen molar-refractivity contribution in [1.82, 2.24) is 14.5 Å². The molecule has 0 saturated carbocycles. The van der Waals surface area contributed by atoms with Gasteiger partial charge in [0.05, 0.1) is 11.6 Å². The summed E-state index contributed by atoms with van der Waals surface area (Å²) >= 11 is 0. The molecule has 1 unspecified atom stereocenters. The number of aromatic nitrogens is 2. The molecule has 0 spiro atoms. The Kier molecular flexibility index (Phi) is 7.62. The first-order chi connectivity index (χ1) is 14.2. The van der Waals surface area contributed by atoms with Crippen molar-refractivity contribution in [1.29, 1.82) is 0 Å². The summed E-state index contributed by atoms with van der Waals surface area (Å²) in [6, 6.07) is 8.47. The summed E-state index contributed by atoms with van der Waals surface area (Å²) in [6.07, 6.45) is 3.81. The first-order valence-electron chi connectivity index (χ1n) is 9.14. The molecule has 1 amide bonds. The fraction of sp³-hybridized carbons (Fsp3) is 0.286. The molecule has 0 aliphatic heterocycles. The Morgan fingerprint density at radius 3 is 2.43 bits per heavy atom. The highest BCUT2D eigenvalue weighted by molar-refractivity contribution is 5.91. The van der Waals surface area contributed by atoms with Gasteiger partial charge in [-0.05, 0) is 25.0 Å². The fourth-order valence-corrected chi connectivity index (χ4v) is 2.68. The van der Waals surface area contributed by atoms with E-state index in [4.69, 9.17) is 4.74 Å². The van der Waals surface area contributed by atoms with Crippen LogP contribution in [0.4, 0.5) is 0 Å². The third-order valence-corrected chi connectivity index (χ3v) is 4.33. The van der Waals surface area contributed by atoms with Gasteiger partial charge in [-0.2, -0.15) is 0 Å². The van der Waals surface area contributed by atoms with Gasteiger partial charge >= 0.3 is 11.7 Å². The number of Topliss-reactive ketones (excluding diaryl/α,β-unsaturated/α-hetero) is 1. The van der Waals surface area contributed by atoms with E-state index in [1.807, 2.05) is 30.3 Å². The second kappa shape index (κ2) is 10.1. The van der Waals surface area contributed by atoms with Gasteiger partial charge in [0.15, 0.2) is 12.4 Å². The maximum absolute atomic E-state index is 12.1. The molecule has 1 aromatic heterocycles. The van der Waals surface area contributed by atoms with Crippen LogP contribution in [0.25, 0.3) is 6.08 Å². The number of ether oxygens (including phenoxy) is 1. The highest BCUT2D eigenvalue weighted by Crippen LogP contribution is 2.04. The van der Waals surface area contributed by atoms with Crippen LogP contribution in [-0.2, 0) is 39.6 Å². The summed E-state index contributed by atoms with van der Waals surface area (Å²) in [5, 5.41) is 2.54. The topological polar surface area (TPSA) is 116 Å². The summed E-state index contributed by atoms with van der Waals surface area (Å²) < 4.78 is 6.97. The molecule has 0 fully saturated rings. The quantitative estimate of drug-likeness (QED) is 0.479. The molecule has 0 aliphatic rings. The summed E-state index contributed by atoms with van der Waals surface area (Å²) in [7, 11) is 2.80. The van der Waals surface area contributed by atoms with E-state index in [-0.39, 0.29) is 11.3 Å². The van der Waals surface area contributed by atoms with Crippen LogP contribution in [-0.4, -0.2) is 39.4 Å². The number of aryl methyl sites for hydroxylation is 1. The maximum Gasteiger partial charge on any atom is 0.331 e. The Morgan fingerprint density at radius 1 is 1.13 bits per heavy atom.